The van der Waals surface area contributed by atoms with Crippen molar-refractivity contribution in [3.8, 4) is 0 Å². The lowest BCUT2D eigenvalue weighted by atomic mass is 9.88. The molecule has 2 fully saturated rings. The number of carbonyl (C=O) groups excluding carboxylic acids is 1. The maximum atomic E-state index is 12.3. The number of likely N-dealkylation sites (tertiary alicyclic amines) is 1. The Kier molecular flexibility index (Phi) is 5.68. The van der Waals surface area contributed by atoms with Crippen molar-refractivity contribution in [3.05, 3.63) is 0 Å². The van der Waals surface area contributed by atoms with E-state index in [0.717, 1.165) is 19.3 Å². The molecule has 0 unspecified atom stereocenters. The third kappa shape index (κ3) is 3.71. The Balaban J connectivity index is 1.95. The van der Waals surface area contributed by atoms with Gasteiger partial charge in [-0.05, 0) is 45.2 Å². The maximum Gasteiger partial charge on any atom is 0.222 e. The fourth-order valence-corrected chi connectivity index (χ4v) is 3.73. The summed E-state index contributed by atoms with van der Waals surface area (Å²) in [5.41, 5.74) is 0. The molecule has 0 spiro atoms. The number of hydrogen-bond acceptors (Lipinski definition) is 2. The monoisotopic (exact) mass is 266 g/mol. The highest BCUT2D eigenvalue weighted by atomic mass is 16.2. The largest absolute Gasteiger partial charge is 0.341 e. The fourth-order valence-electron chi connectivity index (χ4n) is 3.73. The molecule has 0 bridgehead atoms. The van der Waals surface area contributed by atoms with Crippen LogP contribution in [0.2, 0.25) is 0 Å². The molecule has 1 saturated heterocycles. The van der Waals surface area contributed by atoms with E-state index < -0.39 is 0 Å². The molecule has 0 radical (unpaired) electrons. The van der Waals surface area contributed by atoms with Crippen LogP contribution in [0.3, 0.4) is 0 Å². The first-order valence-corrected chi connectivity index (χ1v) is 8.23. The summed E-state index contributed by atoms with van der Waals surface area (Å²) in [6.45, 7) is 4.65. The zero-order valence-corrected chi connectivity index (χ0v) is 12.7. The fraction of sp³-hybridized carbons (Fsp3) is 0.938. The zero-order valence-electron chi connectivity index (χ0n) is 12.7. The van der Waals surface area contributed by atoms with Crippen LogP contribution in [-0.4, -0.2) is 47.9 Å². The first-order chi connectivity index (χ1) is 9.24. The molecule has 3 heteroatoms. The third-order valence-electron chi connectivity index (χ3n) is 4.94. The summed E-state index contributed by atoms with van der Waals surface area (Å²) in [5.74, 6) is 0.359. The van der Waals surface area contributed by atoms with Gasteiger partial charge < -0.3 is 4.90 Å². The minimum Gasteiger partial charge on any atom is -0.341 e. The molecule has 2 aliphatic rings. The molecule has 3 nitrogen and oxygen atoms in total. The molecule has 2 atom stereocenters. The maximum absolute atomic E-state index is 12.3. The first-order valence-electron chi connectivity index (χ1n) is 8.23. The van der Waals surface area contributed by atoms with Crippen LogP contribution < -0.4 is 0 Å². The molecule has 0 aromatic heterocycles. The molecule has 0 aromatic rings. The van der Waals surface area contributed by atoms with Gasteiger partial charge in [-0.1, -0.05) is 26.2 Å². The second-order valence-corrected chi connectivity index (χ2v) is 6.27. The van der Waals surface area contributed by atoms with Crippen LogP contribution in [0, 0.1) is 0 Å². The van der Waals surface area contributed by atoms with Gasteiger partial charge in [-0.25, -0.2) is 0 Å². The molecule has 0 N–H and O–H groups in total. The van der Waals surface area contributed by atoms with E-state index in [1.54, 1.807) is 0 Å². The molecule has 1 heterocycles. The first kappa shape index (κ1) is 14.8. The minimum absolute atomic E-state index is 0.359. The Morgan fingerprint density at radius 3 is 2.53 bits per heavy atom. The van der Waals surface area contributed by atoms with E-state index >= 15 is 0 Å². The van der Waals surface area contributed by atoms with Crippen molar-refractivity contribution in [2.75, 3.05) is 20.1 Å². The Hall–Kier alpha value is -0.570. The standard InChI is InChI=1S/C16H30N2O/c1-3-4-11-16(19)17(2)14-9-5-6-10-15(14)18-12-7-8-13-18/h14-15H,3-13H2,1-2H3/t14-,15-/m1/s1. The van der Waals surface area contributed by atoms with Gasteiger partial charge in [-0.15, -0.1) is 0 Å². The van der Waals surface area contributed by atoms with Crippen LogP contribution in [0.1, 0.15) is 64.7 Å². The summed E-state index contributed by atoms with van der Waals surface area (Å²) in [6, 6.07) is 1.10. The van der Waals surface area contributed by atoms with Crippen LogP contribution in [0.4, 0.5) is 0 Å². The van der Waals surface area contributed by atoms with Gasteiger partial charge >= 0.3 is 0 Å². The molecule has 19 heavy (non-hydrogen) atoms. The number of unbranched alkanes of at least 4 members (excludes halogenated alkanes) is 1. The predicted molar refractivity (Wildman–Crippen MR) is 79.1 cm³/mol. The van der Waals surface area contributed by atoms with Gasteiger partial charge in [0.25, 0.3) is 0 Å². The van der Waals surface area contributed by atoms with Crippen molar-refractivity contribution < 1.29 is 4.79 Å². The number of rotatable bonds is 5. The summed E-state index contributed by atoms with van der Waals surface area (Å²) in [7, 11) is 2.04. The van der Waals surface area contributed by atoms with E-state index in [1.165, 1.54) is 51.6 Å². The van der Waals surface area contributed by atoms with Gasteiger partial charge in [0.05, 0.1) is 0 Å². The zero-order chi connectivity index (χ0) is 13.7. The van der Waals surface area contributed by atoms with Gasteiger partial charge in [-0.2, -0.15) is 0 Å². The minimum atomic E-state index is 0.359. The number of carbonyl (C=O) groups is 1. The lowest BCUT2D eigenvalue weighted by molar-refractivity contribution is -0.134. The Bertz CT molecular complexity index is 286. The van der Waals surface area contributed by atoms with Gasteiger partial charge in [-0.3, -0.25) is 9.69 Å². The van der Waals surface area contributed by atoms with E-state index in [0.29, 0.717) is 18.0 Å². The number of nitrogens with zero attached hydrogens (tertiary/aromatic N) is 2. The average molecular weight is 266 g/mol. The number of amides is 1. The smallest absolute Gasteiger partial charge is 0.222 e. The Morgan fingerprint density at radius 1 is 1.16 bits per heavy atom. The van der Waals surface area contributed by atoms with Crippen molar-refractivity contribution in [2.45, 2.75) is 76.8 Å². The second kappa shape index (κ2) is 7.28. The van der Waals surface area contributed by atoms with Crippen molar-refractivity contribution >= 4 is 5.91 Å². The number of hydrogen-bond donors (Lipinski definition) is 0. The molecule has 1 saturated carbocycles. The normalized spacial score (nSPS) is 28.5. The van der Waals surface area contributed by atoms with Crippen LogP contribution in [-0.2, 0) is 4.79 Å². The lowest BCUT2D eigenvalue weighted by Crippen LogP contribution is -2.53. The van der Waals surface area contributed by atoms with E-state index in [4.69, 9.17) is 0 Å². The summed E-state index contributed by atoms with van der Waals surface area (Å²) in [5, 5.41) is 0. The molecule has 110 valence electrons. The van der Waals surface area contributed by atoms with E-state index in [-0.39, 0.29) is 0 Å². The second-order valence-electron chi connectivity index (χ2n) is 6.27. The number of likely N-dealkylation sites (N-methyl/N-ethyl adjacent to an activating group) is 1. The molecular weight excluding hydrogens is 236 g/mol. The van der Waals surface area contributed by atoms with Crippen LogP contribution in [0.5, 0.6) is 0 Å². The lowest BCUT2D eigenvalue weighted by Gasteiger charge is -2.42. The topological polar surface area (TPSA) is 23.6 Å². The summed E-state index contributed by atoms with van der Waals surface area (Å²) < 4.78 is 0. The molecule has 2 rings (SSSR count). The van der Waals surface area contributed by atoms with Gasteiger partial charge in [0.2, 0.25) is 5.91 Å². The summed E-state index contributed by atoms with van der Waals surface area (Å²) >= 11 is 0. The molecule has 1 aliphatic carbocycles. The van der Waals surface area contributed by atoms with Crippen LogP contribution in [0.15, 0.2) is 0 Å². The highest BCUT2D eigenvalue weighted by Crippen LogP contribution is 2.29. The van der Waals surface area contributed by atoms with E-state index in [9.17, 15) is 4.79 Å². The summed E-state index contributed by atoms with van der Waals surface area (Å²) in [4.78, 5) is 17.0. The van der Waals surface area contributed by atoms with Crippen molar-refractivity contribution in [3.63, 3.8) is 0 Å². The Labute approximate surface area is 118 Å². The quantitative estimate of drug-likeness (QED) is 0.763. The SMILES string of the molecule is CCCCC(=O)N(C)[C@@H]1CCCC[C@H]1N1CCCC1. The third-order valence-corrected chi connectivity index (χ3v) is 4.94. The van der Waals surface area contributed by atoms with Crippen molar-refractivity contribution in [1.29, 1.82) is 0 Å². The van der Waals surface area contributed by atoms with Crippen LogP contribution in [0.25, 0.3) is 0 Å². The van der Waals surface area contributed by atoms with E-state index in [1.807, 2.05) is 7.05 Å². The Morgan fingerprint density at radius 2 is 1.84 bits per heavy atom. The average Bonchev–Trinajstić information content (AvgIpc) is 2.98. The van der Waals surface area contributed by atoms with Crippen molar-refractivity contribution in [2.24, 2.45) is 0 Å². The summed E-state index contributed by atoms with van der Waals surface area (Å²) in [6.07, 6.45) is 10.7. The predicted octanol–water partition coefficient (Wildman–Crippen LogP) is 3.04. The molecule has 1 aliphatic heterocycles. The highest BCUT2D eigenvalue weighted by molar-refractivity contribution is 5.76. The van der Waals surface area contributed by atoms with E-state index in [2.05, 4.69) is 16.7 Å². The molecule has 0 aromatic carbocycles. The molecular formula is C16H30N2O. The van der Waals surface area contributed by atoms with Gasteiger partial charge in [0.1, 0.15) is 0 Å². The highest BCUT2D eigenvalue weighted by Gasteiger charge is 2.35. The van der Waals surface area contributed by atoms with Gasteiger partial charge in [0.15, 0.2) is 0 Å². The van der Waals surface area contributed by atoms with Crippen molar-refractivity contribution in [1.82, 2.24) is 9.80 Å². The van der Waals surface area contributed by atoms with Gasteiger partial charge in [0, 0.05) is 25.6 Å². The van der Waals surface area contributed by atoms with Crippen LogP contribution >= 0.6 is 0 Å². The molecule has 1 amide bonds.